The summed E-state index contributed by atoms with van der Waals surface area (Å²) in [6.07, 6.45) is 1.36. The smallest absolute Gasteiger partial charge is 0.410 e. The van der Waals surface area contributed by atoms with Gasteiger partial charge in [-0.25, -0.2) is 4.79 Å². The zero-order valence-electron chi connectivity index (χ0n) is 12.8. The summed E-state index contributed by atoms with van der Waals surface area (Å²) < 4.78 is 10.9. The largest absolute Gasteiger partial charge is 0.481 e. The van der Waals surface area contributed by atoms with Crippen molar-refractivity contribution in [3.05, 3.63) is 0 Å². The van der Waals surface area contributed by atoms with Crippen LogP contribution in [0.25, 0.3) is 0 Å². The second kappa shape index (κ2) is 6.43. The van der Waals surface area contributed by atoms with E-state index in [1.54, 1.807) is 20.8 Å². The number of aliphatic carboxylic acids is 1. The molecule has 6 heteroatoms. The second-order valence-electron chi connectivity index (χ2n) is 6.29. The van der Waals surface area contributed by atoms with E-state index in [4.69, 9.17) is 14.6 Å². The maximum absolute atomic E-state index is 11.8. The number of carbonyl (C=O) groups excluding carboxylic acids is 1. The van der Waals surface area contributed by atoms with Gasteiger partial charge in [0.1, 0.15) is 11.2 Å². The number of likely N-dealkylation sites (tertiary alicyclic amines) is 1. The molecule has 116 valence electrons. The Balaban J connectivity index is 2.52. The summed E-state index contributed by atoms with van der Waals surface area (Å²) in [7, 11) is 0. The van der Waals surface area contributed by atoms with E-state index in [-0.39, 0.29) is 19.5 Å². The summed E-state index contributed by atoms with van der Waals surface area (Å²) in [5, 5.41) is 8.97. The molecule has 0 aromatic heterocycles. The minimum Gasteiger partial charge on any atom is -0.481 e. The van der Waals surface area contributed by atoms with Crippen LogP contribution >= 0.6 is 0 Å². The number of ether oxygens (including phenoxy) is 2. The Morgan fingerprint density at radius 3 is 2.35 bits per heavy atom. The lowest BCUT2D eigenvalue weighted by atomic mass is 9.90. The lowest BCUT2D eigenvalue weighted by Crippen LogP contribution is -2.66. The van der Waals surface area contributed by atoms with Crippen LogP contribution < -0.4 is 0 Å². The van der Waals surface area contributed by atoms with Crippen LogP contribution in [-0.2, 0) is 14.3 Å². The number of carboxylic acid groups (broad SMARTS) is 1. The highest BCUT2D eigenvalue weighted by atomic mass is 16.6. The minimum absolute atomic E-state index is 0.0873. The Bertz CT molecular complexity index is 355. The molecule has 1 aliphatic heterocycles. The highest BCUT2D eigenvalue weighted by molar-refractivity contribution is 5.72. The molecule has 1 saturated heterocycles. The van der Waals surface area contributed by atoms with E-state index in [9.17, 15) is 9.59 Å². The number of carboxylic acids is 1. The summed E-state index contributed by atoms with van der Waals surface area (Å²) in [6, 6.07) is 0. The third kappa shape index (κ3) is 5.00. The maximum Gasteiger partial charge on any atom is 0.410 e. The minimum atomic E-state index is -0.912. The number of unbranched alkanes of at least 4 members (excludes halogenated alkanes) is 1. The van der Waals surface area contributed by atoms with Gasteiger partial charge >= 0.3 is 12.1 Å². The van der Waals surface area contributed by atoms with E-state index in [0.717, 1.165) is 12.8 Å². The predicted octanol–water partition coefficient (Wildman–Crippen LogP) is 2.27. The van der Waals surface area contributed by atoms with Gasteiger partial charge in [0.15, 0.2) is 0 Å². The number of carbonyl (C=O) groups is 2. The first kappa shape index (κ1) is 16.8. The second-order valence-corrected chi connectivity index (χ2v) is 6.29. The SMILES string of the molecule is CCCCOC1(CC(=O)O)CN(C(=O)OC(C)(C)C)C1. The normalized spacial score (nSPS) is 17.5. The zero-order valence-corrected chi connectivity index (χ0v) is 12.8. The summed E-state index contributed by atoms with van der Waals surface area (Å²) in [5.41, 5.74) is -1.30. The molecule has 0 aromatic carbocycles. The van der Waals surface area contributed by atoms with Gasteiger partial charge in [0.2, 0.25) is 0 Å². The molecule has 0 aromatic rings. The quantitative estimate of drug-likeness (QED) is 0.758. The van der Waals surface area contributed by atoms with Crippen molar-refractivity contribution >= 4 is 12.1 Å². The van der Waals surface area contributed by atoms with E-state index >= 15 is 0 Å². The molecule has 0 radical (unpaired) electrons. The Labute approximate surface area is 120 Å². The summed E-state index contributed by atoms with van der Waals surface area (Å²) in [4.78, 5) is 24.3. The van der Waals surface area contributed by atoms with Crippen LogP contribution in [0.4, 0.5) is 4.79 Å². The van der Waals surface area contributed by atoms with Gasteiger partial charge in [0.25, 0.3) is 0 Å². The maximum atomic E-state index is 11.8. The van der Waals surface area contributed by atoms with Crippen molar-refractivity contribution in [3.8, 4) is 0 Å². The van der Waals surface area contributed by atoms with Crippen molar-refractivity contribution in [2.75, 3.05) is 19.7 Å². The number of rotatable bonds is 6. The predicted molar refractivity (Wildman–Crippen MR) is 73.7 cm³/mol. The van der Waals surface area contributed by atoms with Gasteiger partial charge in [-0.1, -0.05) is 13.3 Å². The highest BCUT2D eigenvalue weighted by Crippen LogP contribution is 2.30. The number of hydrogen-bond donors (Lipinski definition) is 1. The standard InChI is InChI=1S/C14H25NO5/c1-5-6-7-19-14(8-11(16)17)9-15(10-14)12(18)20-13(2,3)4/h5-10H2,1-4H3,(H,16,17). The molecule has 1 heterocycles. The van der Waals surface area contributed by atoms with E-state index in [2.05, 4.69) is 0 Å². The van der Waals surface area contributed by atoms with Crippen molar-refractivity contribution in [2.24, 2.45) is 0 Å². The first-order chi connectivity index (χ1) is 9.17. The van der Waals surface area contributed by atoms with Gasteiger partial charge < -0.3 is 19.5 Å². The van der Waals surface area contributed by atoms with E-state index in [0.29, 0.717) is 6.61 Å². The van der Waals surface area contributed by atoms with Crippen molar-refractivity contribution in [1.29, 1.82) is 0 Å². The third-order valence-electron chi connectivity index (χ3n) is 2.99. The monoisotopic (exact) mass is 287 g/mol. The van der Waals surface area contributed by atoms with Crippen molar-refractivity contribution < 1.29 is 24.2 Å². The Kier molecular flexibility index (Phi) is 5.39. The van der Waals surface area contributed by atoms with Crippen LogP contribution in [0.1, 0.15) is 47.0 Å². The fraction of sp³-hybridized carbons (Fsp3) is 0.857. The van der Waals surface area contributed by atoms with Gasteiger partial charge in [0, 0.05) is 6.61 Å². The lowest BCUT2D eigenvalue weighted by Gasteiger charge is -2.48. The van der Waals surface area contributed by atoms with E-state index in [1.807, 2.05) is 6.92 Å². The van der Waals surface area contributed by atoms with Crippen molar-refractivity contribution in [2.45, 2.75) is 58.2 Å². The topological polar surface area (TPSA) is 76.1 Å². The molecular formula is C14H25NO5. The van der Waals surface area contributed by atoms with Crippen LogP contribution in [0.3, 0.4) is 0 Å². The molecule has 1 rings (SSSR count). The van der Waals surface area contributed by atoms with E-state index in [1.165, 1.54) is 4.90 Å². The highest BCUT2D eigenvalue weighted by Gasteiger charge is 2.49. The summed E-state index contributed by atoms with van der Waals surface area (Å²) in [6.45, 7) is 8.51. The number of amides is 1. The van der Waals surface area contributed by atoms with E-state index < -0.39 is 23.3 Å². The van der Waals surface area contributed by atoms with Gasteiger partial charge in [-0.05, 0) is 27.2 Å². The third-order valence-corrected chi connectivity index (χ3v) is 2.99. The average Bonchev–Trinajstić information content (AvgIpc) is 2.21. The molecule has 1 fully saturated rings. The molecule has 1 N–H and O–H groups in total. The van der Waals surface area contributed by atoms with Crippen LogP contribution in [0.5, 0.6) is 0 Å². The molecule has 1 amide bonds. The number of nitrogens with zero attached hydrogens (tertiary/aromatic N) is 1. The van der Waals surface area contributed by atoms with Gasteiger partial charge in [-0.15, -0.1) is 0 Å². The summed E-state index contributed by atoms with van der Waals surface area (Å²) in [5.74, 6) is -0.912. The molecule has 6 nitrogen and oxygen atoms in total. The molecule has 0 unspecified atom stereocenters. The molecular weight excluding hydrogens is 262 g/mol. The first-order valence-electron chi connectivity index (χ1n) is 7.01. The van der Waals surface area contributed by atoms with Crippen molar-refractivity contribution in [3.63, 3.8) is 0 Å². The van der Waals surface area contributed by atoms with Gasteiger partial charge in [0.05, 0.1) is 19.5 Å². The van der Waals surface area contributed by atoms with Gasteiger partial charge in [-0.2, -0.15) is 0 Å². The Morgan fingerprint density at radius 1 is 1.30 bits per heavy atom. The fourth-order valence-corrected chi connectivity index (χ4v) is 2.07. The average molecular weight is 287 g/mol. The molecule has 1 aliphatic rings. The van der Waals surface area contributed by atoms with Crippen molar-refractivity contribution in [1.82, 2.24) is 4.90 Å². The molecule has 0 bridgehead atoms. The number of hydrogen-bond acceptors (Lipinski definition) is 4. The van der Waals surface area contributed by atoms with Crippen LogP contribution in [0.2, 0.25) is 0 Å². The zero-order chi connectivity index (χ0) is 15.4. The fourth-order valence-electron chi connectivity index (χ4n) is 2.07. The molecule has 20 heavy (non-hydrogen) atoms. The van der Waals surface area contributed by atoms with Crippen LogP contribution in [-0.4, -0.2) is 53.0 Å². The molecule has 0 aliphatic carbocycles. The lowest BCUT2D eigenvalue weighted by molar-refractivity contribution is -0.166. The van der Waals surface area contributed by atoms with Gasteiger partial charge in [-0.3, -0.25) is 4.79 Å². The Morgan fingerprint density at radius 2 is 1.90 bits per heavy atom. The molecule has 0 saturated carbocycles. The molecule has 0 atom stereocenters. The Hall–Kier alpha value is -1.30. The molecule has 0 spiro atoms. The van der Waals surface area contributed by atoms with Crippen LogP contribution in [0.15, 0.2) is 0 Å². The first-order valence-corrected chi connectivity index (χ1v) is 7.01. The summed E-state index contributed by atoms with van der Waals surface area (Å²) >= 11 is 0. The van der Waals surface area contributed by atoms with Crippen LogP contribution in [0, 0.1) is 0 Å².